The van der Waals surface area contributed by atoms with E-state index in [1.54, 1.807) is 31.4 Å². The normalized spacial score (nSPS) is 11.0. The molecule has 28 heavy (non-hydrogen) atoms. The van der Waals surface area contributed by atoms with Crippen molar-refractivity contribution in [2.45, 2.75) is 27.7 Å². The average Bonchev–Trinajstić information content (AvgIpc) is 3.26. The summed E-state index contributed by atoms with van der Waals surface area (Å²) in [5, 5.41) is 1.66. The number of carbonyl (C=O) groups excluding carboxylic acids is 2. The van der Waals surface area contributed by atoms with Crippen molar-refractivity contribution in [1.29, 1.82) is 0 Å². The third-order valence-corrected chi connectivity index (χ3v) is 5.88. The molecule has 2 heterocycles. The molecule has 0 unspecified atom stereocenters. The SMILES string of the molecule is CCOC(=O)c1c(N)sc(N=Cc2ccc(N(CC)CC)s2)c1C(=O)OCC. The van der Waals surface area contributed by atoms with Gasteiger partial charge in [0.05, 0.1) is 18.2 Å². The van der Waals surface area contributed by atoms with Gasteiger partial charge in [0.25, 0.3) is 0 Å². The van der Waals surface area contributed by atoms with E-state index in [0.717, 1.165) is 34.3 Å². The van der Waals surface area contributed by atoms with E-state index in [2.05, 4.69) is 23.7 Å². The molecule has 2 aromatic heterocycles. The molecule has 0 aromatic carbocycles. The minimum Gasteiger partial charge on any atom is -0.462 e. The second kappa shape index (κ2) is 10.2. The van der Waals surface area contributed by atoms with E-state index < -0.39 is 11.9 Å². The maximum absolute atomic E-state index is 12.4. The molecule has 0 spiro atoms. The Morgan fingerprint density at radius 1 is 1.04 bits per heavy atom. The van der Waals surface area contributed by atoms with Crippen LogP contribution in [0.2, 0.25) is 0 Å². The summed E-state index contributed by atoms with van der Waals surface area (Å²) in [6.07, 6.45) is 1.67. The smallest absolute Gasteiger partial charge is 0.342 e. The first kappa shape index (κ1) is 21.9. The third kappa shape index (κ3) is 4.90. The highest BCUT2D eigenvalue weighted by Gasteiger charge is 2.29. The van der Waals surface area contributed by atoms with E-state index in [1.165, 1.54) is 0 Å². The molecule has 2 rings (SSSR count). The van der Waals surface area contributed by atoms with E-state index in [9.17, 15) is 9.59 Å². The summed E-state index contributed by atoms with van der Waals surface area (Å²) in [5.41, 5.74) is 6.06. The number of anilines is 2. The van der Waals surface area contributed by atoms with Gasteiger partial charge in [0.15, 0.2) is 0 Å². The number of nitrogens with zero attached hydrogens (tertiary/aromatic N) is 2. The molecule has 0 atom stereocenters. The first-order valence-electron chi connectivity index (χ1n) is 9.11. The number of aliphatic imine (C=N–C) groups is 1. The Morgan fingerprint density at radius 3 is 2.21 bits per heavy atom. The molecule has 9 heteroatoms. The van der Waals surface area contributed by atoms with E-state index in [4.69, 9.17) is 15.2 Å². The highest BCUT2D eigenvalue weighted by atomic mass is 32.1. The van der Waals surface area contributed by atoms with Gasteiger partial charge in [-0.25, -0.2) is 14.6 Å². The van der Waals surface area contributed by atoms with E-state index in [1.807, 2.05) is 12.1 Å². The lowest BCUT2D eigenvalue weighted by molar-refractivity contribution is 0.0481. The number of carbonyl (C=O) groups is 2. The average molecular weight is 424 g/mol. The molecule has 0 aliphatic heterocycles. The van der Waals surface area contributed by atoms with E-state index >= 15 is 0 Å². The molecule has 0 bridgehead atoms. The number of nitrogen functional groups attached to an aromatic ring is 1. The lowest BCUT2D eigenvalue weighted by Gasteiger charge is -2.17. The lowest BCUT2D eigenvalue weighted by Crippen LogP contribution is -2.20. The molecule has 0 aliphatic rings. The zero-order valence-electron chi connectivity index (χ0n) is 16.5. The van der Waals surface area contributed by atoms with Crippen LogP contribution in [0.4, 0.5) is 15.0 Å². The first-order chi connectivity index (χ1) is 13.5. The van der Waals surface area contributed by atoms with Gasteiger partial charge in [-0.2, -0.15) is 0 Å². The monoisotopic (exact) mass is 423 g/mol. The van der Waals surface area contributed by atoms with Crippen LogP contribution in [0.3, 0.4) is 0 Å². The zero-order chi connectivity index (χ0) is 20.7. The van der Waals surface area contributed by atoms with Gasteiger partial charge in [0.1, 0.15) is 21.1 Å². The molecule has 0 fully saturated rings. The molecule has 2 aromatic rings. The number of ether oxygens (including phenoxy) is 2. The Bertz CT molecular complexity index is 853. The molecule has 7 nitrogen and oxygen atoms in total. The van der Waals surface area contributed by atoms with E-state index in [0.29, 0.717) is 5.00 Å². The van der Waals surface area contributed by atoms with Crippen molar-refractivity contribution in [3.05, 3.63) is 28.1 Å². The fourth-order valence-electron chi connectivity index (χ4n) is 2.56. The topological polar surface area (TPSA) is 94.2 Å². The van der Waals surface area contributed by atoms with Crippen LogP contribution in [-0.4, -0.2) is 44.5 Å². The van der Waals surface area contributed by atoms with Gasteiger partial charge >= 0.3 is 11.9 Å². The summed E-state index contributed by atoms with van der Waals surface area (Å²) >= 11 is 2.66. The Morgan fingerprint density at radius 2 is 1.64 bits per heavy atom. The zero-order valence-corrected chi connectivity index (χ0v) is 18.1. The highest BCUT2D eigenvalue weighted by Crippen LogP contribution is 2.39. The van der Waals surface area contributed by atoms with Crippen molar-refractivity contribution in [3.63, 3.8) is 0 Å². The molecule has 0 amide bonds. The largest absolute Gasteiger partial charge is 0.462 e. The summed E-state index contributed by atoms with van der Waals surface area (Å²) in [6.45, 7) is 9.79. The van der Waals surface area contributed by atoms with Gasteiger partial charge in [0, 0.05) is 24.2 Å². The molecular formula is C19H25N3O4S2. The van der Waals surface area contributed by atoms with Crippen LogP contribution in [0.15, 0.2) is 17.1 Å². The molecule has 152 valence electrons. The molecule has 0 radical (unpaired) electrons. The Balaban J connectivity index is 2.39. The van der Waals surface area contributed by atoms with Crippen molar-refractivity contribution in [3.8, 4) is 0 Å². The lowest BCUT2D eigenvalue weighted by atomic mass is 10.1. The summed E-state index contributed by atoms with van der Waals surface area (Å²) < 4.78 is 10.1. The maximum atomic E-state index is 12.4. The molecule has 0 aliphatic carbocycles. The fraction of sp³-hybridized carbons (Fsp3) is 0.421. The van der Waals surface area contributed by atoms with Crippen molar-refractivity contribution in [2.24, 2.45) is 4.99 Å². The Hall–Kier alpha value is -2.39. The predicted octanol–water partition coefficient (Wildman–Crippen LogP) is 4.34. The molecule has 0 saturated heterocycles. The molecule has 0 saturated carbocycles. The summed E-state index contributed by atoms with van der Waals surface area (Å²) in [4.78, 5) is 32.3. The third-order valence-electron chi connectivity index (χ3n) is 3.87. The number of thiophene rings is 2. The second-order valence-corrected chi connectivity index (χ2v) is 7.69. The predicted molar refractivity (Wildman–Crippen MR) is 116 cm³/mol. The number of esters is 2. The van der Waals surface area contributed by atoms with Crippen molar-refractivity contribution < 1.29 is 19.1 Å². The summed E-state index contributed by atoms with van der Waals surface area (Å²) in [5.74, 6) is -1.29. The molecule has 2 N–H and O–H groups in total. The first-order valence-corrected chi connectivity index (χ1v) is 10.7. The van der Waals surface area contributed by atoms with Gasteiger partial charge in [-0.15, -0.1) is 11.3 Å². The van der Waals surface area contributed by atoms with Crippen LogP contribution >= 0.6 is 22.7 Å². The maximum Gasteiger partial charge on any atom is 0.342 e. The van der Waals surface area contributed by atoms with Gasteiger partial charge in [-0.05, 0) is 39.8 Å². The Labute approximate surface area is 172 Å². The number of rotatable bonds is 9. The van der Waals surface area contributed by atoms with Crippen LogP contribution in [0, 0.1) is 0 Å². The van der Waals surface area contributed by atoms with Crippen LogP contribution in [0.1, 0.15) is 53.3 Å². The minimum atomic E-state index is -0.652. The van der Waals surface area contributed by atoms with Crippen LogP contribution in [0.25, 0.3) is 0 Å². The summed E-state index contributed by atoms with van der Waals surface area (Å²) in [7, 11) is 0. The number of hydrogen-bond acceptors (Lipinski definition) is 9. The van der Waals surface area contributed by atoms with Gasteiger partial charge in [0.2, 0.25) is 0 Å². The van der Waals surface area contributed by atoms with Gasteiger partial charge < -0.3 is 20.1 Å². The van der Waals surface area contributed by atoms with Crippen LogP contribution in [0.5, 0.6) is 0 Å². The van der Waals surface area contributed by atoms with E-state index in [-0.39, 0.29) is 29.3 Å². The highest BCUT2D eigenvalue weighted by molar-refractivity contribution is 7.20. The fourth-order valence-corrected chi connectivity index (χ4v) is 4.46. The van der Waals surface area contributed by atoms with Crippen molar-refractivity contribution in [2.75, 3.05) is 36.9 Å². The van der Waals surface area contributed by atoms with Gasteiger partial charge in [-0.1, -0.05) is 11.3 Å². The standard InChI is InChI=1S/C19H25N3O4S2/c1-5-22(6-2)13-10-9-12(27-13)11-21-17-15(19(24)26-8-4)14(16(20)28-17)18(23)25-7-3/h9-11H,5-8,20H2,1-4H3. The quantitative estimate of drug-likeness (QED) is 0.476. The van der Waals surface area contributed by atoms with Crippen molar-refractivity contribution in [1.82, 2.24) is 0 Å². The minimum absolute atomic E-state index is 0.0208. The van der Waals surface area contributed by atoms with Crippen LogP contribution in [-0.2, 0) is 9.47 Å². The van der Waals surface area contributed by atoms with Crippen LogP contribution < -0.4 is 10.6 Å². The van der Waals surface area contributed by atoms with Crippen molar-refractivity contribution >= 4 is 55.8 Å². The summed E-state index contributed by atoms with van der Waals surface area (Å²) in [6, 6.07) is 4.01. The van der Waals surface area contributed by atoms with Gasteiger partial charge in [-0.3, -0.25) is 0 Å². The second-order valence-electron chi connectivity index (χ2n) is 5.57. The number of nitrogens with two attached hydrogens (primary N) is 1. The Kier molecular flexibility index (Phi) is 8.01. The number of hydrogen-bond donors (Lipinski definition) is 1. The molecular weight excluding hydrogens is 398 g/mol.